The molecule has 1 aliphatic carbocycles. The van der Waals surface area contributed by atoms with Gasteiger partial charge in [0, 0.05) is 18.4 Å². The summed E-state index contributed by atoms with van der Waals surface area (Å²) in [6.45, 7) is 6.90. The van der Waals surface area contributed by atoms with Gasteiger partial charge >= 0.3 is 5.97 Å². The number of ether oxygens (including phenoxy) is 3. The maximum Gasteiger partial charge on any atom is 0.330 e. The van der Waals surface area contributed by atoms with Crippen molar-refractivity contribution in [2.45, 2.75) is 44.9 Å². The number of carboxylic acids is 1. The zero-order valence-electron chi connectivity index (χ0n) is 12.7. The Balaban J connectivity index is 2.10. The smallest absolute Gasteiger partial charge is 0.330 e. The molecule has 1 saturated carbocycles. The number of hydrogen-bond donors (Lipinski definition) is 2. The Hall–Kier alpha value is -1.18. The predicted molar refractivity (Wildman–Crippen MR) is 72.9 cm³/mol. The number of nitrogens with one attached hydrogen (secondary N) is 1. The van der Waals surface area contributed by atoms with Crippen LogP contribution in [-0.2, 0) is 23.8 Å². The quantitative estimate of drug-likeness (QED) is 0.752. The van der Waals surface area contributed by atoms with Crippen LogP contribution in [0.1, 0.15) is 27.2 Å². The lowest BCUT2D eigenvalue weighted by molar-refractivity contribution is -0.198. The monoisotopic (exact) mass is 301 g/mol. The van der Waals surface area contributed by atoms with Gasteiger partial charge in [-0.15, -0.1) is 0 Å². The lowest BCUT2D eigenvalue weighted by Crippen LogP contribution is -2.77. The molecule has 1 amide bonds. The van der Waals surface area contributed by atoms with E-state index in [0.717, 1.165) is 0 Å². The van der Waals surface area contributed by atoms with Gasteiger partial charge in [0.15, 0.2) is 6.10 Å². The molecule has 2 fully saturated rings. The van der Waals surface area contributed by atoms with E-state index >= 15 is 0 Å². The summed E-state index contributed by atoms with van der Waals surface area (Å²) in [7, 11) is 0. The summed E-state index contributed by atoms with van der Waals surface area (Å²) in [4.78, 5) is 24.0. The van der Waals surface area contributed by atoms with E-state index in [1.165, 1.54) is 0 Å². The maximum atomic E-state index is 12.2. The predicted octanol–water partition coefficient (Wildman–Crippen LogP) is 0.176. The molecule has 1 saturated heterocycles. The first-order valence-electron chi connectivity index (χ1n) is 7.21. The van der Waals surface area contributed by atoms with Crippen molar-refractivity contribution in [3.05, 3.63) is 0 Å². The summed E-state index contributed by atoms with van der Waals surface area (Å²) in [6, 6.07) is 0. The second kappa shape index (κ2) is 5.90. The highest BCUT2D eigenvalue weighted by molar-refractivity contribution is 5.91. The fourth-order valence-electron chi connectivity index (χ4n) is 2.97. The molecule has 1 aliphatic heterocycles. The molecule has 2 rings (SSSR count). The topological polar surface area (TPSA) is 94.1 Å². The van der Waals surface area contributed by atoms with Crippen molar-refractivity contribution < 1.29 is 28.9 Å². The molecule has 3 atom stereocenters. The Morgan fingerprint density at radius 3 is 2.57 bits per heavy atom. The summed E-state index contributed by atoms with van der Waals surface area (Å²) in [6.07, 6.45) is -0.693. The molecule has 0 radical (unpaired) electrons. The van der Waals surface area contributed by atoms with Crippen molar-refractivity contribution in [2.24, 2.45) is 5.41 Å². The third-order valence-electron chi connectivity index (χ3n) is 4.57. The first-order valence-corrected chi connectivity index (χ1v) is 7.21. The number of aliphatic carboxylic acids is 1. The summed E-state index contributed by atoms with van der Waals surface area (Å²) in [5, 5.41) is 12.3. The number of carbonyl (C=O) groups excluding carboxylic acids is 1. The van der Waals surface area contributed by atoms with Gasteiger partial charge in [0.2, 0.25) is 0 Å². The zero-order valence-corrected chi connectivity index (χ0v) is 12.7. The Morgan fingerprint density at radius 1 is 1.38 bits per heavy atom. The van der Waals surface area contributed by atoms with Gasteiger partial charge in [-0.1, -0.05) is 13.8 Å². The molecule has 7 nitrogen and oxygen atoms in total. The summed E-state index contributed by atoms with van der Waals surface area (Å²) < 4.78 is 16.1. The van der Waals surface area contributed by atoms with Crippen molar-refractivity contribution >= 4 is 11.9 Å². The molecule has 0 aromatic rings. The second-order valence-corrected chi connectivity index (χ2v) is 6.00. The van der Waals surface area contributed by atoms with Crippen molar-refractivity contribution in [2.75, 3.05) is 26.4 Å². The number of carboxylic acid groups (broad SMARTS) is 1. The largest absolute Gasteiger partial charge is 0.479 e. The van der Waals surface area contributed by atoms with Gasteiger partial charge in [0.05, 0.1) is 25.9 Å². The second-order valence-electron chi connectivity index (χ2n) is 6.00. The molecular formula is C14H23NO6. The highest BCUT2D eigenvalue weighted by Gasteiger charge is 2.66. The van der Waals surface area contributed by atoms with Gasteiger partial charge in [-0.2, -0.15) is 0 Å². The van der Waals surface area contributed by atoms with Gasteiger partial charge in [-0.25, -0.2) is 4.79 Å². The Bertz CT molecular complexity index is 418. The minimum atomic E-state index is -1.33. The van der Waals surface area contributed by atoms with E-state index in [9.17, 15) is 14.7 Å². The van der Waals surface area contributed by atoms with Crippen LogP contribution in [0.5, 0.6) is 0 Å². The van der Waals surface area contributed by atoms with E-state index in [2.05, 4.69) is 5.32 Å². The maximum absolute atomic E-state index is 12.2. The van der Waals surface area contributed by atoms with E-state index in [1.54, 1.807) is 13.8 Å². The zero-order chi connectivity index (χ0) is 15.7. The number of amides is 1. The molecule has 2 aliphatic rings. The molecule has 0 aromatic carbocycles. The van der Waals surface area contributed by atoms with Gasteiger partial charge in [0.25, 0.3) is 5.91 Å². The Morgan fingerprint density at radius 2 is 2.10 bits per heavy atom. The first-order chi connectivity index (χ1) is 9.85. The van der Waals surface area contributed by atoms with Crippen LogP contribution in [0.4, 0.5) is 0 Å². The normalized spacial score (nSPS) is 34.8. The van der Waals surface area contributed by atoms with Crippen molar-refractivity contribution in [1.82, 2.24) is 5.32 Å². The van der Waals surface area contributed by atoms with Crippen LogP contribution in [0, 0.1) is 5.41 Å². The van der Waals surface area contributed by atoms with Gasteiger partial charge in [0.1, 0.15) is 5.54 Å². The van der Waals surface area contributed by atoms with Crippen LogP contribution in [0.25, 0.3) is 0 Å². The summed E-state index contributed by atoms with van der Waals surface area (Å²) in [5.41, 5.74) is -2.02. The molecule has 2 N–H and O–H groups in total. The minimum absolute atomic E-state index is 0.150. The Labute approximate surface area is 123 Å². The van der Waals surface area contributed by atoms with Crippen LogP contribution >= 0.6 is 0 Å². The third-order valence-corrected chi connectivity index (χ3v) is 4.57. The molecule has 7 heteroatoms. The summed E-state index contributed by atoms with van der Waals surface area (Å²) in [5.74, 6) is -1.49. The average molecular weight is 301 g/mol. The Kier molecular flexibility index (Phi) is 4.55. The average Bonchev–Trinajstić information content (AvgIpc) is 2.46. The SMILES string of the molecule is CCO[C@@H]1C[C@@](NC(=O)[C@H]2COCCO2)(C(=O)O)C1(C)C. The molecule has 0 spiro atoms. The molecule has 120 valence electrons. The van der Waals surface area contributed by atoms with Gasteiger partial charge < -0.3 is 24.6 Å². The van der Waals surface area contributed by atoms with E-state index in [0.29, 0.717) is 19.8 Å². The van der Waals surface area contributed by atoms with Crippen LogP contribution in [0.2, 0.25) is 0 Å². The lowest BCUT2D eigenvalue weighted by atomic mass is 9.54. The van der Waals surface area contributed by atoms with E-state index < -0.39 is 28.9 Å². The fourth-order valence-corrected chi connectivity index (χ4v) is 2.97. The van der Waals surface area contributed by atoms with Crippen LogP contribution < -0.4 is 5.32 Å². The minimum Gasteiger partial charge on any atom is -0.479 e. The lowest BCUT2D eigenvalue weighted by Gasteiger charge is -2.58. The van der Waals surface area contributed by atoms with E-state index in [1.807, 2.05) is 6.92 Å². The highest BCUT2D eigenvalue weighted by atomic mass is 16.6. The van der Waals surface area contributed by atoms with Crippen molar-refractivity contribution in [3.8, 4) is 0 Å². The van der Waals surface area contributed by atoms with Gasteiger partial charge in [-0.05, 0) is 6.92 Å². The number of carbonyl (C=O) groups is 2. The van der Waals surface area contributed by atoms with Crippen LogP contribution in [0.15, 0.2) is 0 Å². The van der Waals surface area contributed by atoms with Crippen molar-refractivity contribution in [3.63, 3.8) is 0 Å². The first kappa shape index (κ1) is 16.2. The number of hydrogen-bond acceptors (Lipinski definition) is 5. The highest BCUT2D eigenvalue weighted by Crippen LogP contribution is 2.51. The molecule has 1 heterocycles. The standard InChI is InChI=1S/C14H23NO6/c1-4-20-10-7-14(12(17)18,13(10,2)3)15-11(16)9-8-19-5-6-21-9/h9-10H,4-8H2,1-3H3,(H,15,16)(H,17,18)/t9-,10-,14-/m1/s1. The molecule has 21 heavy (non-hydrogen) atoms. The number of rotatable bonds is 5. The fraction of sp³-hybridized carbons (Fsp3) is 0.857. The van der Waals surface area contributed by atoms with Gasteiger partial charge in [-0.3, -0.25) is 4.79 Å². The van der Waals surface area contributed by atoms with Crippen molar-refractivity contribution in [1.29, 1.82) is 0 Å². The molecular weight excluding hydrogens is 278 g/mol. The van der Waals surface area contributed by atoms with Crippen LogP contribution in [-0.4, -0.2) is 61.2 Å². The molecule has 0 unspecified atom stereocenters. The third kappa shape index (κ3) is 2.65. The van der Waals surface area contributed by atoms with Crippen LogP contribution in [0.3, 0.4) is 0 Å². The van der Waals surface area contributed by atoms with E-state index in [-0.39, 0.29) is 19.1 Å². The summed E-state index contributed by atoms with van der Waals surface area (Å²) >= 11 is 0. The molecule has 0 bridgehead atoms. The van der Waals surface area contributed by atoms with E-state index in [4.69, 9.17) is 14.2 Å². The molecule has 0 aromatic heterocycles.